The summed E-state index contributed by atoms with van der Waals surface area (Å²) >= 11 is 0. The SMILES string of the molecule is CC.CN=C(N)C1CCCCC1. The molecule has 1 aliphatic carbocycles. The van der Waals surface area contributed by atoms with E-state index >= 15 is 0 Å². The molecule has 0 atom stereocenters. The molecule has 2 N–H and O–H groups in total. The van der Waals surface area contributed by atoms with Gasteiger partial charge in [-0.05, 0) is 12.8 Å². The Kier molecular flexibility index (Phi) is 6.82. The summed E-state index contributed by atoms with van der Waals surface area (Å²) in [6.45, 7) is 4.00. The Morgan fingerprint density at radius 3 is 2.08 bits per heavy atom. The van der Waals surface area contributed by atoms with Crippen molar-refractivity contribution >= 4 is 5.84 Å². The Hall–Kier alpha value is -0.530. The second-order valence-corrected chi connectivity index (χ2v) is 2.98. The highest BCUT2D eigenvalue weighted by Gasteiger charge is 2.15. The molecule has 0 aromatic rings. The van der Waals surface area contributed by atoms with Crippen molar-refractivity contribution in [3.8, 4) is 0 Å². The molecule has 0 aromatic carbocycles. The fourth-order valence-electron chi connectivity index (χ4n) is 1.58. The van der Waals surface area contributed by atoms with Crippen molar-refractivity contribution in [1.29, 1.82) is 0 Å². The minimum absolute atomic E-state index is 0.596. The van der Waals surface area contributed by atoms with Crippen molar-refractivity contribution < 1.29 is 0 Å². The van der Waals surface area contributed by atoms with Crippen LogP contribution in [0.3, 0.4) is 0 Å². The molecule has 0 amide bonds. The topological polar surface area (TPSA) is 38.4 Å². The lowest BCUT2D eigenvalue weighted by molar-refractivity contribution is 0.437. The summed E-state index contributed by atoms with van der Waals surface area (Å²) < 4.78 is 0. The molecule has 1 aliphatic rings. The first-order valence-electron chi connectivity index (χ1n) is 5.06. The summed E-state index contributed by atoms with van der Waals surface area (Å²) in [6, 6.07) is 0. The maximum absolute atomic E-state index is 5.70. The second kappa shape index (κ2) is 7.14. The maximum Gasteiger partial charge on any atom is 0.0964 e. The molecule has 1 fully saturated rings. The third kappa shape index (κ3) is 3.74. The fraction of sp³-hybridized carbons (Fsp3) is 0.900. The van der Waals surface area contributed by atoms with Gasteiger partial charge in [0, 0.05) is 13.0 Å². The lowest BCUT2D eigenvalue weighted by Gasteiger charge is -2.20. The van der Waals surface area contributed by atoms with Crippen LogP contribution in [-0.2, 0) is 0 Å². The van der Waals surface area contributed by atoms with Crippen LogP contribution in [0.25, 0.3) is 0 Å². The molecule has 0 radical (unpaired) electrons. The van der Waals surface area contributed by atoms with Gasteiger partial charge in [0.2, 0.25) is 0 Å². The molecule has 0 bridgehead atoms. The summed E-state index contributed by atoms with van der Waals surface area (Å²) in [5.41, 5.74) is 5.70. The minimum atomic E-state index is 0.596. The van der Waals surface area contributed by atoms with Crippen LogP contribution in [0.1, 0.15) is 46.0 Å². The predicted molar refractivity (Wildman–Crippen MR) is 55.5 cm³/mol. The molecular formula is C10H22N2. The first kappa shape index (κ1) is 11.5. The molecule has 12 heavy (non-hydrogen) atoms. The normalized spacial score (nSPS) is 19.8. The van der Waals surface area contributed by atoms with E-state index in [-0.39, 0.29) is 0 Å². The van der Waals surface area contributed by atoms with Crippen molar-refractivity contribution in [2.75, 3.05) is 7.05 Å². The van der Waals surface area contributed by atoms with Crippen molar-refractivity contribution in [2.45, 2.75) is 46.0 Å². The van der Waals surface area contributed by atoms with Crippen LogP contribution in [0.5, 0.6) is 0 Å². The van der Waals surface area contributed by atoms with Crippen molar-refractivity contribution in [2.24, 2.45) is 16.6 Å². The fourth-order valence-corrected chi connectivity index (χ4v) is 1.58. The Morgan fingerprint density at radius 1 is 1.17 bits per heavy atom. The molecule has 72 valence electrons. The Morgan fingerprint density at radius 2 is 1.67 bits per heavy atom. The van der Waals surface area contributed by atoms with Gasteiger partial charge in [0.15, 0.2) is 0 Å². The Bertz CT molecular complexity index is 124. The van der Waals surface area contributed by atoms with Gasteiger partial charge in [0.05, 0.1) is 5.84 Å². The predicted octanol–water partition coefficient (Wildman–Crippen LogP) is 2.58. The van der Waals surface area contributed by atoms with Gasteiger partial charge in [-0.2, -0.15) is 0 Å². The molecule has 2 nitrogen and oxygen atoms in total. The summed E-state index contributed by atoms with van der Waals surface area (Å²) in [5.74, 6) is 1.46. The maximum atomic E-state index is 5.70. The van der Waals surface area contributed by atoms with E-state index < -0.39 is 0 Å². The zero-order chi connectivity index (χ0) is 9.40. The van der Waals surface area contributed by atoms with E-state index in [0.717, 1.165) is 5.84 Å². The van der Waals surface area contributed by atoms with E-state index in [1.165, 1.54) is 32.1 Å². The van der Waals surface area contributed by atoms with Gasteiger partial charge in [0.25, 0.3) is 0 Å². The van der Waals surface area contributed by atoms with E-state index in [1.807, 2.05) is 13.8 Å². The molecule has 0 aliphatic heterocycles. The molecule has 0 saturated heterocycles. The van der Waals surface area contributed by atoms with Crippen molar-refractivity contribution in [3.05, 3.63) is 0 Å². The first-order valence-corrected chi connectivity index (χ1v) is 5.06. The largest absolute Gasteiger partial charge is 0.387 e. The van der Waals surface area contributed by atoms with E-state index in [1.54, 1.807) is 7.05 Å². The lowest BCUT2D eigenvalue weighted by atomic mass is 9.88. The third-order valence-electron chi connectivity index (χ3n) is 2.28. The molecule has 1 saturated carbocycles. The van der Waals surface area contributed by atoms with Crippen LogP contribution >= 0.6 is 0 Å². The number of rotatable bonds is 1. The molecular weight excluding hydrogens is 148 g/mol. The Labute approximate surface area is 76.3 Å². The highest BCUT2D eigenvalue weighted by atomic mass is 14.8. The second-order valence-electron chi connectivity index (χ2n) is 2.98. The molecule has 0 heterocycles. The average molecular weight is 170 g/mol. The number of nitrogens with zero attached hydrogens (tertiary/aromatic N) is 1. The standard InChI is InChI=1S/C8H16N2.C2H6/c1-10-8(9)7-5-3-2-4-6-7;1-2/h7H,2-6H2,1H3,(H2,9,10);1-2H3. The summed E-state index contributed by atoms with van der Waals surface area (Å²) in [6.07, 6.45) is 6.56. The zero-order valence-corrected chi connectivity index (χ0v) is 8.64. The van der Waals surface area contributed by atoms with Crippen LogP contribution in [0, 0.1) is 5.92 Å². The lowest BCUT2D eigenvalue weighted by Crippen LogP contribution is -2.25. The van der Waals surface area contributed by atoms with Crippen LogP contribution in [0.2, 0.25) is 0 Å². The highest BCUT2D eigenvalue weighted by molar-refractivity contribution is 5.82. The molecule has 1 rings (SSSR count). The number of amidine groups is 1. The van der Waals surface area contributed by atoms with Gasteiger partial charge < -0.3 is 5.73 Å². The van der Waals surface area contributed by atoms with Gasteiger partial charge in [-0.3, -0.25) is 4.99 Å². The smallest absolute Gasteiger partial charge is 0.0964 e. The third-order valence-corrected chi connectivity index (χ3v) is 2.28. The van der Waals surface area contributed by atoms with E-state index in [0.29, 0.717) is 5.92 Å². The van der Waals surface area contributed by atoms with E-state index in [4.69, 9.17) is 5.73 Å². The van der Waals surface area contributed by atoms with Gasteiger partial charge in [-0.25, -0.2) is 0 Å². The number of nitrogens with two attached hydrogens (primary N) is 1. The van der Waals surface area contributed by atoms with Gasteiger partial charge in [0.1, 0.15) is 0 Å². The summed E-state index contributed by atoms with van der Waals surface area (Å²) in [7, 11) is 1.78. The van der Waals surface area contributed by atoms with Gasteiger partial charge >= 0.3 is 0 Å². The minimum Gasteiger partial charge on any atom is -0.387 e. The average Bonchev–Trinajstić information content (AvgIpc) is 2.21. The van der Waals surface area contributed by atoms with Crippen LogP contribution in [-0.4, -0.2) is 12.9 Å². The molecule has 0 unspecified atom stereocenters. The van der Waals surface area contributed by atoms with Crippen LogP contribution in [0.15, 0.2) is 4.99 Å². The monoisotopic (exact) mass is 170 g/mol. The van der Waals surface area contributed by atoms with E-state index in [9.17, 15) is 0 Å². The zero-order valence-electron chi connectivity index (χ0n) is 8.64. The van der Waals surface area contributed by atoms with Crippen molar-refractivity contribution in [3.63, 3.8) is 0 Å². The number of hydrogen-bond donors (Lipinski definition) is 1. The Balaban J connectivity index is 0.000000561. The van der Waals surface area contributed by atoms with Gasteiger partial charge in [-0.15, -0.1) is 0 Å². The van der Waals surface area contributed by atoms with Crippen molar-refractivity contribution in [1.82, 2.24) is 0 Å². The molecule has 0 aromatic heterocycles. The number of aliphatic imine (C=N–C) groups is 1. The van der Waals surface area contributed by atoms with Gasteiger partial charge in [-0.1, -0.05) is 33.1 Å². The van der Waals surface area contributed by atoms with Crippen LogP contribution < -0.4 is 5.73 Å². The summed E-state index contributed by atoms with van der Waals surface area (Å²) in [5, 5.41) is 0. The quantitative estimate of drug-likeness (QED) is 0.476. The summed E-state index contributed by atoms with van der Waals surface area (Å²) in [4.78, 5) is 4.01. The van der Waals surface area contributed by atoms with E-state index in [2.05, 4.69) is 4.99 Å². The first-order chi connectivity index (χ1) is 5.84. The van der Waals surface area contributed by atoms with Crippen LogP contribution in [0.4, 0.5) is 0 Å². The number of hydrogen-bond acceptors (Lipinski definition) is 1. The molecule has 2 heteroatoms. The highest BCUT2D eigenvalue weighted by Crippen LogP contribution is 2.23. The molecule has 0 spiro atoms.